The maximum Gasteiger partial charge on any atom is 0.226 e. The molecular weight excluding hydrogens is 274 g/mol. The normalized spacial score (nSPS) is 10.5. The first-order chi connectivity index (χ1) is 8.78. The van der Waals surface area contributed by atoms with Crippen molar-refractivity contribution in [3.63, 3.8) is 0 Å². The molecule has 0 saturated heterocycles. The van der Waals surface area contributed by atoms with Gasteiger partial charge in [-0.05, 0) is 0 Å². The minimum atomic E-state index is -0.0504. The Morgan fingerprint density at radius 1 is 1.56 bits per heavy atom. The highest BCUT2D eigenvalue weighted by Gasteiger charge is 2.07. The van der Waals surface area contributed by atoms with Crippen molar-refractivity contribution in [2.45, 2.75) is 18.8 Å². The van der Waals surface area contributed by atoms with Gasteiger partial charge in [0.05, 0.1) is 30.7 Å². The summed E-state index contributed by atoms with van der Waals surface area (Å²) in [5.41, 5.74) is 0.812. The fraction of sp³-hybridized carbons (Fsp3) is 0.400. The number of amides is 1. The van der Waals surface area contributed by atoms with Crippen LogP contribution in [-0.4, -0.2) is 32.4 Å². The molecule has 96 valence electrons. The maximum absolute atomic E-state index is 11.6. The van der Waals surface area contributed by atoms with Gasteiger partial charge in [-0.1, -0.05) is 5.21 Å². The predicted molar refractivity (Wildman–Crippen MR) is 68.4 cm³/mol. The molecular formula is C10H12ClN5OS. The van der Waals surface area contributed by atoms with E-state index in [1.165, 1.54) is 11.3 Å². The Kier molecular flexibility index (Phi) is 4.66. The number of rotatable bonds is 6. The molecule has 2 aromatic heterocycles. The van der Waals surface area contributed by atoms with Gasteiger partial charge < -0.3 is 5.32 Å². The van der Waals surface area contributed by atoms with Crippen LogP contribution in [0.15, 0.2) is 17.8 Å². The van der Waals surface area contributed by atoms with Crippen molar-refractivity contribution in [2.24, 2.45) is 0 Å². The van der Waals surface area contributed by atoms with Gasteiger partial charge >= 0.3 is 0 Å². The summed E-state index contributed by atoms with van der Waals surface area (Å²) in [6.07, 6.45) is 3.64. The highest BCUT2D eigenvalue weighted by atomic mass is 35.5. The Hall–Kier alpha value is -1.47. The zero-order chi connectivity index (χ0) is 12.8. The van der Waals surface area contributed by atoms with Crippen LogP contribution in [0.25, 0.3) is 0 Å². The van der Waals surface area contributed by atoms with E-state index in [-0.39, 0.29) is 5.91 Å². The smallest absolute Gasteiger partial charge is 0.226 e. The van der Waals surface area contributed by atoms with E-state index in [9.17, 15) is 4.79 Å². The van der Waals surface area contributed by atoms with Crippen LogP contribution in [0.1, 0.15) is 10.7 Å². The Labute approximate surface area is 113 Å². The third-order valence-corrected chi connectivity index (χ3v) is 3.35. The number of thiazole rings is 1. The molecule has 1 amide bonds. The Bertz CT molecular complexity index is 498. The highest BCUT2D eigenvalue weighted by molar-refractivity contribution is 7.09. The van der Waals surface area contributed by atoms with Gasteiger partial charge in [-0.25, -0.2) is 4.98 Å². The van der Waals surface area contributed by atoms with Crippen molar-refractivity contribution in [3.05, 3.63) is 28.5 Å². The standard InChI is InChI=1S/C10H12ClN5OS/c11-6-8-7-18-10(14-8)5-9(17)12-1-3-16-4-2-13-15-16/h2,4,7H,1,3,5-6H2,(H,12,17). The highest BCUT2D eigenvalue weighted by Crippen LogP contribution is 2.11. The number of aromatic nitrogens is 4. The van der Waals surface area contributed by atoms with Crippen molar-refractivity contribution in [3.8, 4) is 0 Å². The van der Waals surface area contributed by atoms with E-state index >= 15 is 0 Å². The van der Waals surface area contributed by atoms with Crippen LogP contribution in [0, 0.1) is 0 Å². The maximum atomic E-state index is 11.6. The van der Waals surface area contributed by atoms with Crippen molar-refractivity contribution in [1.29, 1.82) is 0 Å². The summed E-state index contributed by atoms with van der Waals surface area (Å²) >= 11 is 7.10. The number of hydrogen-bond acceptors (Lipinski definition) is 5. The fourth-order valence-corrected chi connectivity index (χ4v) is 2.37. The van der Waals surface area contributed by atoms with Gasteiger partial charge in [0.1, 0.15) is 5.01 Å². The molecule has 0 aliphatic carbocycles. The van der Waals surface area contributed by atoms with E-state index in [1.807, 2.05) is 5.38 Å². The molecule has 0 saturated carbocycles. The molecule has 0 unspecified atom stereocenters. The van der Waals surface area contributed by atoms with Crippen LogP contribution in [0.4, 0.5) is 0 Å². The number of carbonyl (C=O) groups is 1. The molecule has 0 spiro atoms. The molecule has 0 aliphatic rings. The molecule has 0 radical (unpaired) electrons. The number of nitrogens with one attached hydrogen (secondary N) is 1. The van der Waals surface area contributed by atoms with Crippen LogP contribution in [0.5, 0.6) is 0 Å². The van der Waals surface area contributed by atoms with E-state index in [1.54, 1.807) is 17.1 Å². The lowest BCUT2D eigenvalue weighted by molar-refractivity contribution is -0.120. The Morgan fingerprint density at radius 2 is 2.44 bits per heavy atom. The molecule has 8 heteroatoms. The first-order valence-corrected chi connectivity index (χ1v) is 6.79. The lowest BCUT2D eigenvalue weighted by Gasteiger charge is -2.03. The van der Waals surface area contributed by atoms with Gasteiger partial charge in [-0.15, -0.1) is 28.0 Å². The van der Waals surface area contributed by atoms with E-state index < -0.39 is 0 Å². The molecule has 0 fully saturated rings. The average molecular weight is 286 g/mol. The zero-order valence-corrected chi connectivity index (χ0v) is 11.1. The molecule has 18 heavy (non-hydrogen) atoms. The summed E-state index contributed by atoms with van der Waals surface area (Å²) < 4.78 is 1.66. The summed E-state index contributed by atoms with van der Waals surface area (Å²) in [5.74, 6) is 0.329. The first-order valence-electron chi connectivity index (χ1n) is 5.38. The topological polar surface area (TPSA) is 72.7 Å². The van der Waals surface area contributed by atoms with E-state index in [2.05, 4.69) is 20.6 Å². The molecule has 2 rings (SSSR count). The monoisotopic (exact) mass is 285 g/mol. The second-order valence-corrected chi connectivity index (χ2v) is 4.77. The second-order valence-electron chi connectivity index (χ2n) is 3.56. The Morgan fingerprint density at radius 3 is 3.11 bits per heavy atom. The average Bonchev–Trinajstić information content (AvgIpc) is 3.00. The van der Waals surface area contributed by atoms with Crippen LogP contribution in [0.2, 0.25) is 0 Å². The van der Waals surface area contributed by atoms with Gasteiger partial charge in [-0.3, -0.25) is 9.48 Å². The molecule has 0 aromatic carbocycles. The van der Waals surface area contributed by atoms with Crippen LogP contribution in [-0.2, 0) is 23.6 Å². The van der Waals surface area contributed by atoms with Crippen LogP contribution < -0.4 is 5.32 Å². The largest absolute Gasteiger partial charge is 0.354 e. The van der Waals surface area contributed by atoms with Crippen molar-refractivity contribution >= 4 is 28.8 Å². The van der Waals surface area contributed by atoms with E-state index in [0.29, 0.717) is 25.4 Å². The lowest BCUT2D eigenvalue weighted by Crippen LogP contribution is -2.28. The van der Waals surface area contributed by atoms with Crippen molar-refractivity contribution < 1.29 is 4.79 Å². The van der Waals surface area contributed by atoms with Crippen molar-refractivity contribution in [1.82, 2.24) is 25.3 Å². The number of carbonyl (C=O) groups excluding carboxylic acids is 1. The molecule has 2 heterocycles. The third-order valence-electron chi connectivity index (χ3n) is 2.18. The minimum Gasteiger partial charge on any atom is -0.354 e. The number of alkyl halides is 1. The summed E-state index contributed by atoms with van der Waals surface area (Å²) in [6.45, 7) is 1.13. The van der Waals surface area contributed by atoms with Crippen LogP contribution >= 0.6 is 22.9 Å². The quantitative estimate of drug-likeness (QED) is 0.798. The van der Waals surface area contributed by atoms with Gasteiger partial charge in [0.2, 0.25) is 5.91 Å². The summed E-state index contributed by atoms with van der Waals surface area (Å²) in [4.78, 5) is 15.8. The lowest BCUT2D eigenvalue weighted by atomic mass is 10.4. The van der Waals surface area contributed by atoms with Gasteiger partial charge in [0.25, 0.3) is 0 Å². The van der Waals surface area contributed by atoms with E-state index in [4.69, 9.17) is 11.6 Å². The molecule has 2 aromatic rings. The summed E-state index contributed by atoms with van der Waals surface area (Å²) in [5, 5.41) is 12.9. The van der Waals surface area contributed by atoms with Gasteiger partial charge in [0, 0.05) is 18.1 Å². The number of halogens is 1. The third kappa shape index (κ3) is 3.78. The molecule has 6 nitrogen and oxygen atoms in total. The molecule has 0 aliphatic heterocycles. The second kappa shape index (κ2) is 6.46. The molecule has 0 bridgehead atoms. The zero-order valence-electron chi connectivity index (χ0n) is 9.54. The van der Waals surface area contributed by atoms with Gasteiger partial charge in [-0.2, -0.15) is 0 Å². The Balaban J connectivity index is 1.71. The summed E-state index contributed by atoms with van der Waals surface area (Å²) in [7, 11) is 0. The van der Waals surface area contributed by atoms with Gasteiger partial charge in [0.15, 0.2) is 0 Å². The SMILES string of the molecule is O=C(Cc1nc(CCl)cs1)NCCn1ccnn1. The summed E-state index contributed by atoms with van der Waals surface area (Å²) in [6, 6.07) is 0. The van der Waals surface area contributed by atoms with E-state index in [0.717, 1.165) is 10.7 Å². The number of nitrogens with zero attached hydrogens (tertiary/aromatic N) is 4. The first kappa shape index (κ1) is 13.0. The minimum absolute atomic E-state index is 0.0504. The van der Waals surface area contributed by atoms with Crippen molar-refractivity contribution in [2.75, 3.05) is 6.54 Å². The molecule has 1 N–H and O–H groups in total. The predicted octanol–water partition coefficient (Wildman–Crippen LogP) is 0.832. The molecule has 0 atom stereocenters. The van der Waals surface area contributed by atoms with Crippen LogP contribution in [0.3, 0.4) is 0 Å². The fourth-order valence-electron chi connectivity index (χ4n) is 1.35. The number of hydrogen-bond donors (Lipinski definition) is 1.